The van der Waals surface area contributed by atoms with Crippen LogP contribution in [0.25, 0.3) is 0 Å². The van der Waals surface area contributed by atoms with Gasteiger partial charge in [-0.05, 0) is 54.5 Å². The number of carbonyl (C=O) groups excluding carboxylic acids is 3. The van der Waals surface area contributed by atoms with Crippen molar-refractivity contribution in [1.82, 2.24) is 9.88 Å². The summed E-state index contributed by atoms with van der Waals surface area (Å²) in [4.78, 5) is 50.8. The fourth-order valence-electron chi connectivity index (χ4n) is 5.58. The Morgan fingerprint density at radius 2 is 1.85 bits per heavy atom. The molecule has 0 bridgehead atoms. The van der Waals surface area contributed by atoms with Crippen molar-refractivity contribution < 1.29 is 24.0 Å². The Hall–Kier alpha value is -4.33. The van der Waals surface area contributed by atoms with E-state index in [1.165, 1.54) is 7.11 Å². The Kier molecular flexibility index (Phi) is 8.64. The summed E-state index contributed by atoms with van der Waals surface area (Å²) in [5, 5.41) is 4.13. The van der Waals surface area contributed by atoms with E-state index in [9.17, 15) is 14.4 Å². The van der Waals surface area contributed by atoms with Crippen LogP contribution in [-0.2, 0) is 27.4 Å². The number of carbonyl (C=O) groups is 3. The monoisotopic (exact) mass is 539 g/mol. The number of hydrogen-bond acceptors (Lipinski definition) is 7. The second-order valence-corrected chi connectivity index (χ2v) is 10.3. The first kappa shape index (κ1) is 27.2. The number of piperidine rings is 1. The topological polar surface area (TPSA) is 98.2 Å². The molecule has 1 aliphatic carbocycles. The van der Waals surface area contributed by atoms with Gasteiger partial charge < -0.3 is 14.5 Å². The van der Waals surface area contributed by atoms with Crippen molar-refractivity contribution in [2.75, 3.05) is 20.2 Å². The molecule has 1 fully saturated rings. The predicted molar refractivity (Wildman–Crippen MR) is 150 cm³/mol. The van der Waals surface area contributed by atoms with Crippen LogP contribution in [0, 0.1) is 5.92 Å². The van der Waals surface area contributed by atoms with Gasteiger partial charge in [0.15, 0.2) is 5.78 Å². The first-order valence-electron chi connectivity index (χ1n) is 13.7. The smallest absolute Gasteiger partial charge is 0.410 e. The van der Waals surface area contributed by atoms with Gasteiger partial charge in [-0.2, -0.15) is 0 Å². The number of rotatable bonds is 9. The summed E-state index contributed by atoms with van der Waals surface area (Å²) >= 11 is 0. The minimum Gasteiger partial charge on any atom is -0.445 e. The molecule has 2 atom stereocenters. The normalized spacial score (nSPS) is 18.2. The zero-order chi connectivity index (χ0) is 27.9. The van der Waals surface area contributed by atoms with Crippen LogP contribution < -0.4 is 0 Å². The van der Waals surface area contributed by atoms with Crippen LogP contribution in [-0.4, -0.2) is 53.5 Å². The molecule has 0 spiro atoms. The lowest BCUT2D eigenvalue weighted by Gasteiger charge is -2.32. The van der Waals surface area contributed by atoms with E-state index < -0.39 is 12.0 Å². The highest BCUT2D eigenvalue weighted by molar-refractivity contribution is 6.05. The van der Waals surface area contributed by atoms with Crippen molar-refractivity contribution in [1.29, 1.82) is 0 Å². The van der Waals surface area contributed by atoms with Crippen LogP contribution in [0.3, 0.4) is 0 Å². The molecule has 2 aromatic carbocycles. The molecule has 0 N–H and O–H groups in total. The third-order valence-corrected chi connectivity index (χ3v) is 7.70. The minimum atomic E-state index is -0.635. The highest BCUT2D eigenvalue weighted by Crippen LogP contribution is 2.32. The standard InChI is InChI=1S/C32H33N3O5/c1-39-34-29-12-10-24-18-25(9-11-27(24)29)28(31(37)23-13-15-33-16-14-23)19-30(36)26-8-5-17-35(20-26)32(38)40-21-22-6-3-2-4-7-22/h2-4,6-7,9,11,13-16,18,26,28H,5,8,10,12,17,19-21H2,1H3/b34-29-. The number of nitrogens with zero attached hydrogens (tertiary/aromatic N) is 3. The van der Waals surface area contributed by atoms with Gasteiger partial charge in [0.1, 0.15) is 19.5 Å². The molecular weight excluding hydrogens is 506 g/mol. The summed E-state index contributed by atoms with van der Waals surface area (Å²) in [6, 6.07) is 18.8. The van der Waals surface area contributed by atoms with E-state index in [1.54, 1.807) is 29.4 Å². The quantitative estimate of drug-likeness (QED) is 0.268. The number of benzene rings is 2. The molecule has 0 radical (unpaired) electrons. The van der Waals surface area contributed by atoms with Crippen LogP contribution in [0.5, 0.6) is 0 Å². The lowest BCUT2D eigenvalue weighted by Crippen LogP contribution is -2.43. The van der Waals surface area contributed by atoms with E-state index in [1.807, 2.05) is 48.5 Å². The number of hydrogen-bond donors (Lipinski definition) is 0. The van der Waals surface area contributed by atoms with Gasteiger partial charge in [0, 0.05) is 48.9 Å². The minimum absolute atomic E-state index is 0.0184. The first-order chi connectivity index (χ1) is 19.5. The van der Waals surface area contributed by atoms with E-state index >= 15 is 0 Å². The Bertz CT molecular complexity index is 1390. The lowest BCUT2D eigenvalue weighted by atomic mass is 9.81. The fourth-order valence-corrected chi connectivity index (χ4v) is 5.58. The molecule has 206 valence electrons. The van der Waals surface area contributed by atoms with Crippen molar-refractivity contribution in [3.63, 3.8) is 0 Å². The highest BCUT2D eigenvalue weighted by Gasteiger charge is 2.33. The maximum absolute atomic E-state index is 13.7. The zero-order valence-corrected chi connectivity index (χ0v) is 22.6. The number of amides is 1. The van der Waals surface area contributed by atoms with Crippen molar-refractivity contribution in [2.45, 2.75) is 44.6 Å². The molecule has 1 aromatic heterocycles. The van der Waals surface area contributed by atoms with E-state index in [-0.39, 0.29) is 30.5 Å². The van der Waals surface area contributed by atoms with Crippen LogP contribution in [0.1, 0.15) is 64.2 Å². The molecule has 1 amide bonds. The number of ketones is 2. The molecule has 5 rings (SSSR count). The number of Topliss-reactive ketones (excluding diaryl/α,β-unsaturated/α-hetero) is 2. The second-order valence-electron chi connectivity index (χ2n) is 10.3. The van der Waals surface area contributed by atoms with Gasteiger partial charge in [-0.1, -0.05) is 53.7 Å². The van der Waals surface area contributed by atoms with Crippen LogP contribution in [0.4, 0.5) is 4.79 Å². The third-order valence-electron chi connectivity index (χ3n) is 7.70. The molecule has 40 heavy (non-hydrogen) atoms. The molecule has 8 nitrogen and oxygen atoms in total. The van der Waals surface area contributed by atoms with Crippen LogP contribution in [0.2, 0.25) is 0 Å². The number of likely N-dealkylation sites (tertiary alicyclic amines) is 1. The van der Waals surface area contributed by atoms with Gasteiger partial charge in [-0.3, -0.25) is 14.6 Å². The number of ether oxygens (including phenoxy) is 1. The van der Waals surface area contributed by atoms with E-state index in [2.05, 4.69) is 10.1 Å². The summed E-state index contributed by atoms with van der Waals surface area (Å²) in [6.45, 7) is 1.03. The van der Waals surface area contributed by atoms with E-state index in [4.69, 9.17) is 9.57 Å². The molecular formula is C32H33N3O5. The average Bonchev–Trinajstić information content (AvgIpc) is 3.41. The third kappa shape index (κ3) is 6.28. The molecule has 1 saturated heterocycles. The highest BCUT2D eigenvalue weighted by atomic mass is 16.6. The molecule has 3 aromatic rings. The summed E-state index contributed by atoms with van der Waals surface area (Å²) in [5.41, 5.74) is 5.24. The maximum atomic E-state index is 13.7. The largest absolute Gasteiger partial charge is 0.445 e. The Labute approximate surface area is 234 Å². The maximum Gasteiger partial charge on any atom is 0.410 e. The molecule has 0 saturated carbocycles. The number of oxime groups is 1. The van der Waals surface area contributed by atoms with Crippen molar-refractivity contribution in [3.8, 4) is 0 Å². The van der Waals surface area contributed by atoms with Gasteiger partial charge in [0.05, 0.1) is 11.6 Å². The molecule has 1 aliphatic heterocycles. The predicted octanol–water partition coefficient (Wildman–Crippen LogP) is 5.35. The summed E-state index contributed by atoms with van der Waals surface area (Å²) in [7, 11) is 1.53. The van der Waals surface area contributed by atoms with Gasteiger partial charge in [-0.15, -0.1) is 0 Å². The van der Waals surface area contributed by atoms with E-state index in [0.29, 0.717) is 31.5 Å². The Balaban J connectivity index is 1.31. The van der Waals surface area contributed by atoms with Crippen molar-refractivity contribution in [3.05, 3.63) is 101 Å². The summed E-state index contributed by atoms with van der Waals surface area (Å²) in [6.07, 6.45) is 5.78. The van der Waals surface area contributed by atoms with Crippen molar-refractivity contribution in [2.24, 2.45) is 11.1 Å². The molecule has 2 unspecified atom stereocenters. The Morgan fingerprint density at radius 3 is 2.62 bits per heavy atom. The second kappa shape index (κ2) is 12.7. The number of aromatic nitrogens is 1. The van der Waals surface area contributed by atoms with E-state index in [0.717, 1.165) is 40.8 Å². The van der Waals surface area contributed by atoms with Gasteiger partial charge >= 0.3 is 6.09 Å². The number of fused-ring (bicyclic) bond motifs is 1. The SMILES string of the molecule is CO/N=C1/CCc2cc(C(CC(=O)C3CCCN(C(=O)OCc4ccccc4)C3)C(=O)c3ccncc3)ccc21. The fraction of sp³-hybridized carbons (Fsp3) is 0.344. The zero-order valence-electron chi connectivity index (χ0n) is 22.6. The summed E-state index contributed by atoms with van der Waals surface area (Å²) < 4.78 is 5.51. The molecule has 2 heterocycles. The van der Waals surface area contributed by atoms with Crippen molar-refractivity contribution >= 4 is 23.4 Å². The van der Waals surface area contributed by atoms with Gasteiger partial charge in [-0.25, -0.2) is 4.79 Å². The first-order valence-corrected chi connectivity index (χ1v) is 13.7. The molecule has 2 aliphatic rings. The summed E-state index contributed by atoms with van der Waals surface area (Å²) in [5.74, 6) is -1.12. The molecule has 8 heteroatoms. The lowest BCUT2D eigenvalue weighted by molar-refractivity contribution is -0.124. The van der Waals surface area contributed by atoms with Gasteiger partial charge in [0.25, 0.3) is 0 Å². The Morgan fingerprint density at radius 1 is 1.05 bits per heavy atom. The average molecular weight is 540 g/mol. The van der Waals surface area contributed by atoms with Crippen LogP contribution in [0.15, 0.2) is 78.2 Å². The van der Waals surface area contributed by atoms with Crippen LogP contribution >= 0.6 is 0 Å². The number of aryl methyl sites for hydroxylation is 1. The van der Waals surface area contributed by atoms with Gasteiger partial charge in [0.2, 0.25) is 0 Å². The number of pyridine rings is 1.